The molecule has 0 fully saturated rings. The molecule has 0 bridgehead atoms. The van der Waals surface area contributed by atoms with Crippen molar-refractivity contribution in [1.82, 2.24) is 0 Å². The number of hydrogen-bond acceptors (Lipinski definition) is 4. The molecule has 0 aromatic rings. The van der Waals surface area contributed by atoms with Crippen molar-refractivity contribution in [3.8, 4) is 0 Å². The van der Waals surface area contributed by atoms with Gasteiger partial charge in [-0.2, -0.15) is 0 Å². The molecule has 0 saturated heterocycles. The molecule has 2 rings (SSSR count). The number of rotatable bonds is 4. The van der Waals surface area contributed by atoms with Crippen LogP contribution in [0.25, 0.3) is 0 Å². The van der Waals surface area contributed by atoms with E-state index in [4.69, 9.17) is 0 Å². The lowest BCUT2D eigenvalue weighted by Crippen LogP contribution is -2.04. The Bertz CT molecular complexity index is 582. The zero-order valence-corrected chi connectivity index (χ0v) is 10.8. The Morgan fingerprint density at radius 2 is 1.95 bits per heavy atom. The first-order valence-electron chi connectivity index (χ1n) is 6.31. The van der Waals surface area contributed by atoms with Crippen LogP contribution in [-0.2, 0) is 0 Å². The summed E-state index contributed by atoms with van der Waals surface area (Å²) in [5.41, 5.74) is 1.40. The number of hydrogen-bond donors (Lipinski definition) is 0. The average Bonchev–Trinajstić information content (AvgIpc) is 2.46. The Kier molecular flexibility index (Phi) is 4.24. The molecule has 0 aliphatic heterocycles. The third kappa shape index (κ3) is 3.50. The van der Waals surface area contributed by atoms with Gasteiger partial charge in [-0.15, -0.1) is 0 Å². The van der Waals surface area contributed by atoms with Crippen LogP contribution in [0, 0.1) is 26.1 Å². The minimum absolute atomic E-state index is 0.130. The fourth-order valence-electron chi connectivity index (χ4n) is 2.08. The normalized spacial score (nSPS) is 22.2. The molecule has 0 heterocycles. The number of allylic oxidation sites excluding steroid dienone is 9. The van der Waals surface area contributed by atoms with Crippen LogP contribution in [0.15, 0.2) is 59.5 Å². The zero-order valence-electron chi connectivity index (χ0n) is 10.8. The van der Waals surface area contributed by atoms with Crippen LogP contribution in [0.5, 0.6) is 0 Å². The fraction of sp³-hybridized carbons (Fsp3) is 0.286. The second kappa shape index (κ2) is 6.10. The van der Waals surface area contributed by atoms with Crippen LogP contribution in [-0.4, -0.2) is 9.85 Å². The first-order chi connectivity index (χ1) is 9.56. The van der Waals surface area contributed by atoms with Crippen LogP contribution in [0.4, 0.5) is 0 Å². The maximum Gasteiger partial charge on any atom is 0.265 e. The van der Waals surface area contributed by atoms with E-state index < -0.39 is 4.92 Å². The van der Waals surface area contributed by atoms with Gasteiger partial charge >= 0.3 is 0 Å². The zero-order chi connectivity index (χ0) is 14.5. The van der Waals surface area contributed by atoms with Crippen molar-refractivity contribution in [2.24, 2.45) is 5.92 Å². The van der Waals surface area contributed by atoms with E-state index in [1.54, 1.807) is 18.2 Å². The van der Waals surface area contributed by atoms with Crippen LogP contribution in [0.2, 0.25) is 0 Å². The highest BCUT2D eigenvalue weighted by molar-refractivity contribution is 5.30. The molecular formula is C14H14N2O4. The predicted molar refractivity (Wildman–Crippen MR) is 73.9 cm³/mol. The molecule has 0 aromatic carbocycles. The molecule has 0 spiro atoms. The van der Waals surface area contributed by atoms with Crippen molar-refractivity contribution < 1.29 is 9.85 Å². The average molecular weight is 274 g/mol. The Balaban J connectivity index is 1.94. The monoisotopic (exact) mass is 274 g/mol. The van der Waals surface area contributed by atoms with E-state index in [1.165, 1.54) is 12.2 Å². The number of nitro groups is 2. The van der Waals surface area contributed by atoms with E-state index in [1.807, 2.05) is 12.2 Å². The van der Waals surface area contributed by atoms with Crippen LogP contribution < -0.4 is 0 Å². The maximum atomic E-state index is 10.6. The molecule has 2 aliphatic carbocycles. The maximum absolute atomic E-state index is 10.6. The molecule has 1 unspecified atom stereocenters. The van der Waals surface area contributed by atoms with E-state index >= 15 is 0 Å². The van der Waals surface area contributed by atoms with Crippen molar-refractivity contribution in [3.05, 3.63) is 79.7 Å². The van der Waals surface area contributed by atoms with Gasteiger partial charge in [-0.3, -0.25) is 20.2 Å². The molecule has 0 aromatic heterocycles. The SMILES string of the molecule is O=[N+]([O-])C1=CCC(/C=C\C2=CC=C([N+](=O)[O-])CC2)C=C1. The van der Waals surface area contributed by atoms with Gasteiger partial charge in [0.05, 0.1) is 9.85 Å². The molecule has 2 aliphatic rings. The summed E-state index contributed by atoms with van der Waals surface area (Å²) in [4.78, 5) is 20.4. The Morgan fingerprint density at radius 1 is 1.15 bits per heavy atom. The summed E-state index contributed by atoms with van der Waals surface area (Å²) in [6.45, 7) is 0. The molecule has 0 saturated carbocycles. The molecule has 6 nitrogen and oxygen atoms in total. The predicted octanol–water partition coefficient (Wildman–Crippen LogP) is 3.16. The third-order valence-electron chi connectivity index (χ3n) is 3.28. The van der Waals surface area contributed by atoms with Gasteiger partial charge in [0.1, 0.15) is 0 Å². The topological polar surface area (TPSA) is 86.3 Å². The van der Waals surface area contributed by atoms with E-state index in [9.17, 15) is 20.2 Å². The van der Waals surface area contributed by atoms with Crippen molar-refractivity contribution in [3.63, 3.8) is 0 Å². The molecule has 6 heteroatoms. The van der Waals surface area contributed by atoms with E-state index in [-0.39, 0.29) is 22.2 Å². The minimum Gasteiger partial charge on any atom is -0.259 e. The van der Waals surface area contributed by atoms with Gasteiger partial charge in [0, 0.05) is 18.6 Å². The summed E-state index contributed by atoms with van der Waals surface area (Å²) < 4.78 is 0. The summed E-state index contributed by atoms with van der Waals surface area (Å²) in [6, 6.07) is 0. The van der Waals surface area contributed by atoms with Crippen LogP contribution in [0.1, 0.15) is 19.3 Å². The van der Waals surface area contributed by atoms with Gasteiger partial charge in [-0.25, -0.2) is 0 Å². The highest BCUT2D eigenvalue weighted by atomic mass is 16.6. The molecule has 104 valence electrons. The van der Waals surface area contributed by atoms with Gasteiger partial charge < -0.3 is 0 Å². The summed E-state index contributed by atoms with van der Waals surface area (Å²) in [6.07, 6.45) is 13.8. The second-order valence-corrected chi connectivity index (χ2v) is 4.66. The molecule has 1 atom stereocenters. The highest BCUT2D eigenvalue weighted by Gasteiger charge is 2.15. The van der Waals surface area contributed by atoms with E-state index in [0.717, 1.165) is 5.57 Å². The Hall–Kier alpha value is -2.50. The van der Waals surface area contributed by atoms with Crippen molar-refractivity contribution in [2.75, 3.05) is 0 Å². The van der Waals surface area contributed by atoms with Gasteiger partial charge in [0.2, 0.25) is 5.70 Å². The van der Waals surface area contributed by atoms with Crippen molar-refractivity contribution in [1.29, 1.82) is 0 Å². The van der Waals surface area contributed by atoms with Gasteiger partial charge in [-0.1, -0.05) is 24.3 Å². The minimum atomic E-state index is -0.399. The third-order valence-corrected chi connectivity index (χ3v) is 3.28. The summed E-state index contributed by atoms with van der Waals surface area (Å²) in [5.74, 6) is 0.139. The van der Waals surface area contributed by atoms with Crippen molar-refractivity contribution >= 4 is 0 Å². The lowest BCUT2D eigenvalue weighted by molar-refractivity contribution is -0.428. The quantitative estimate of drug-likeness (QED) is 0.582. The summed E-state index contributed by atoms with van der Waals surface area (Å²) in [5, 5.41) is 21.1. The van der Waals surface area contributed by atoms with Crippen LogP contribution in [0.3, 0.4) is 0 Å². The molecule has 0 amide bonds. The lowest BCUT2D eigenvalue weighted by atomic mass is 9.96. The fourth-order valence-corrected chi connectivity index (χ4v) is 2.08. The lowest BCUT2D eigenvalue weighted by Gasteiger charge is -2.10. The van der Waals surface area contributed by atoms with Crippen molar-refractivity contribution in [2.45, 2.75) is 19.3 Å². The van der Waals surface area contributed by atoms with Gasteiger partial charge in [0.25, 0.3) is 5.70 Å². The first-order valence-corrected chi connectivity index (χ1v) is 6.31. The smallest absolute Gasteiger partial charge is 0.259 e. The summed E-state index contributed by atoms with van der Waals surface area (Å²) >= 11 is 0. The largest absolute Gasteiger partial charge is 0.265 e. The first kappa shape index (κ1) is 13.9. The molecular weight excluding hydrogens is 260 g/mol. The van der Waals surface area contributed by atoms with E-state index in [2.05, 4.69) is 0 Å². The van der Waals surface area contributed by atoms with Crippen LogP contribution >= 0.6 is 0 Å². The van der Waals surface area contributed by atoms with E-state index in [0.29, 0.717) is 19.3 Å². The summed E-state index contributed by atoms with van der Waals surface area (Å²) in [7, 11) is 0. The molecule has 0 N–H and O–H groups in total. The standard InChI is InChI=1S/C14H14N2O4/c17-15(18)13-7-3-11(4-8-13)1-2-12-5-9-14(10-6-12)16(19)20/h1-3,5,7-9,11H,4,6,10H2/b2-1-. The highest BCUT2D eigenvalue weighted by Crippen LogP contribution is 2.22. The number of nitrogens with zero attached hydrogens (tertiary/aromatic N) is 2. The second-order valence-electron chi connectivity index (χ2n) is 4.66. The molecule has 0 radical (unpaired) electrons. The Morgan fingerprint density at radius 3 is 2.45 bits per heavy atom. The van der Waals surface area contributed by atoms with Gasteiger partial charge in [0.15, 0.2) is 0 Å². The van der Waals surface area contributed by atoms with Gasteiger partial charge in [-0.05, 0) is 30.4 Å². The Labute approximate surface area is 115 Å². The molecule has 20 heavy (non-hydrogen) atoms.